The summed E-state index contributed by atoms with van der Waals surface area (Å²) in [6.07, 6.45) is 0. The zero-order valence-corrected chi connectivity index (χ0v) is 10.7. The quantitative estimate of drug-likeness (QED) is 0.664. The van der Waals surface area contributed by atoms with Crippen LogP contribution in [0, 0.1) is 11.6 Å². The summed E-state index contributed by atoms with van der Waals surface area (Å²) >= 11 is 1.35. The normalized spacial score (nSPS) is 10.5. The van der Waals surface area contributed by atoms with Crippen LogP contribution >= 0.6 is 11.8 Å². The van der Waals surface area contributed by atoms with E-state index in [1.807, 2.05) is 0 Å². The molecule has 0 radical (unpaired) electrons. The maximum absolute atomic E-state index is 13.3. The van der Waals surface area contributed by atoms with E-state index in [0.717, 1.165) is 11.0 Å². The SMILES string of the molecule is OB(O)c1cc(F)cc(CSc2cccc(F)c2)c1. The van der Waals surface area contributed by atoms with Crippen molar-refractivity contribution < 1.29 is 18.8 Å². The van der Waals surface area contributed by atoms with Crippen molar-refractivity contribution in [3.05, 3.63) is 59.7 Å². The van der Waals surface area contributed by atoms with Crippen molar-refractivity contribution in [1.82, 2.24) is 0 Å². The lowest BCUT2D eigenvalue weighted by molar-refractivity contribution is 0.425. The van der Waals surface area contributed by atoms with Crippen LogP contribution in [0.5, 0.6) is 0 Å². The van der Waals surface area contributed by atoms with Crippen molar-refractivity contribution in [3.8, 4) is 0 Å². The van der Waals surface area contributed by atoms with E-state index >= 15 is 0 Å². The molecule has 0 aliphatic carbocycles. The molecule has 0 unspecified atom stereocenters. The second-order valence-corrected chi connectivity index (χ2v) is 5.06. The molecule has 0 aliphatic rings. The van der Waals surface area contributed by atoms with E-state index in [1.165, 1.54) is 36.0 Å². The summed E-state index contributed by atoms with van der Waals surface area (Å²) < 4.78 is 26.3. The average molecular weight is 280 g/mol. The van der Waals surface area contributed by atoms with Crippen LogP contribution in [-0.2, 0) is 5.75 Å². The molecule has 0 amide bonds. The van der Waals surface area contributed by atoms with E-state index in [4.69, 9.17) is 10.0 Å². The maximum Gasteiger partial charge on any atom is 0.488 e. The van der Waals surface area contributed by atoms with Gasteiger partial charge in [0.2, 0.25) is 0 Å². The number of rotatable bonds is 4. The molecule has 19 heavy (non-hydrogen) atoms. The summed E-state index contributed by atoms with van der Waals surface area (Å²) in [4.78, 5) is 0.732. The van der Waals surface area contributed by atoms with Crippen molar-refractivity contribution in [1.29, 1.82) is 0 Å². The van der Waals surface area contributed by atoms with Gasteiger partial charge in [0, 0.05) is 10.6 Å². The van der Waals surface area contributed by atoms with E-state index in [-0.39, 0.29) is 11.3 Å². The summed E-state index contributed by atoms with van der Waals surface area (Å²) in [5.74, 6) is -0.433. The number of hydrogen-bond acceptors (Lipinski definition) is 3. The summed E-state index contributed by atoms with van der Waals surface area (Å²) in [7, 11) is -1.70. The monoisotopic (exact) mass is 280 g/mol. The topological polar surface area (TPSA) is 40.5 Å². The predicted octanol–water partition coefficient (Wildman–Crippen LogP) is 1.94. The predicted molar refractivity (Wildman–Crippen MR) is 72.2 cm³/mol. The zero-order valence-electron chi connectivity index (χ0n) is 9.88. The largest absolute Gasteiger partial charge is 0.488 e. The van der Waals surface area contributed by atoms with Crippen LogP contribution in [0.25, 0.3) is 0 Å². The van der Waals surface area contributed by atoms with Crippen LogP contribution < -0.4 is 5.46 Å². The first-order valence-corrected chi connectivity index (χ1v) is 6.57. The molecule has 0 aliphatic heterocycles. The van der Waals surface area contributed by atoms with Gasteiger partial charge in [-0.25, -0.2) is 8.78 Å². The Bertz CT molecular complexity index is 578. The Labute approximate surface area is 114 Å². The third-order valence-electron chi connectivity index (χ3n) is 2.48. The lowest BCUT2D eigenvalue weighted by Crippen LogP contribution is -2.30. The molecule has 2 aromatic rings. The summed E-state index contributed by atoms with van der Waals surface area (Å²) in [6.45, 7) is 0. The van der Waals surface area contributed by atoms with Gasteiger partial charge in [-0.05, 0) is 41.4 Å². The molecule has 0 bridgehead atoms. The summed E-state index contributed by atoms with van der Waals surface area (Å²) in [5, 5.41) is 18.1. The van der Waals surface area contributed by atoms with Gasteiger partial charge in [-0.1, -0.05) is 12.1 Å². The van der Waals surface area contributed by atoms with Gasteiger partial charge in [-0.3, -0.25) is 0 Å². The molecule has 0 saturated heterocycles. The van der Waals surface area contributed by atoms with Gasteiger partial charge in [0.25, 0.3) is 0 Å². The van der Waals surface area contributed by atoms with Gasteiger partial charge < -0.3 is 10.0 Å². The van der Waals surface area contributed by atoms with Crippen molar-refractivity contribution in [2.24, 2.45) is 0 Å². The van der Waals surface area contributed by atoms with Crippen molar-refractivity contribution >= 4 is 24.3 Å². The van der Waals surface area contributed by atoms with Crippen LogP contribution in [0.3, 0.4) is 0 Å². The Morgan fingerprint density at radius 3 is 2.47 bits per heavy atom. The lowest BCUT2D eigenvalue weighted by atomic mass is 9.79. The molecule has 6 heteroatoms. The highest BCUT2D eigenvalue weighted by Gasteiger charge is 2.13. The summed E-state index contributed by atoms with van der Waals surface area (Å²) in [6, 6.07) is 10.0. The number of halogens is 2. The van der Waals surface area contributed by atoms with Crippen molar-refractivity contribution in [3.63, 3.8) is 0 Å². The highest BCUT2D eigenvalue weighted by atomic mass is 32.2. The number of hydrogen-bond donors (Lipinski definition) is 2. The molecule has 0 aromatic heterocycles. The van der Waals surface area contributed by atoms with Crippen molar-refractivity contribution in [2.75, 3.05) is 0 Å². The third kappa shape index (κ3) is 4.06. The second-order valence-electron chi connectivity index (χ2n) is 4.01. The molecule has 98 valence electrons. The van der Waals surface area contributed by atoms with Crippen LogP contribution in [0.15, 0.2) is 47.4 Å². The van der Waals surface area contributed by atoms with Crippen LogP contribution in [0.4, 0.5) is 8.78 Å². The van der Waals surface area contributed by atoms with Gasteiger partial charge in [0.05, 0.1) is 0 Å². The zero-order chi connectivity index (χ0) is 13.8. The molecular formula is C13H11BF2O2S. The first kappa shape index (κ1) is 14.1. The average Bonchev–Trinajstić information content (AvgIpc) is 2.36. The Hall–Kier alpha value is -1.37. The van der Waals surface area contributed by atoms with E-state index in [2.05, 4.69) is 0 Å². The van der Waals surface area contributed by atoms with Gasteiger partial charge in [-0.2, -0.15) is 0 Å². The minimum atomic E-state index is -1.70. The van der Waals surface area contributed by atoms with Crippen LogP contribution in [-0.4, -0.2) is 17.2 Å². The number of benzene rings is 2. The highest BCUT2D eigenvalue weighted by molar-refractivity contribution is 7.98. The molecule has 2 N–H and O–H groups in total. The fraction of sp³-hybridized carbons (Fsp3) is 0.0769. The van der Waals surface area contributed by atoms with E-state index in [9.17, 15) is 8.78 Å². The molecule has 0 spiro atoms. The molecule has 0 fully saturated rings. The highest BCUT2D eigenvalue weighted by Crippen LogP contribution is 2.23. The Morgan fingerprint density at radius 2 is 1.79 bits per heavy atom. The van der Waals surface area contributed by atoms with Gasteiger partial charge in [0.15, 0.2) is 0 Å². The first-order chi connectivity index (χ1) is 9.04. The molecule has 0 atom stereocenters. The van der Waals surface area contributed by atoms with E-state index < -0.39 is 12.9 Å². The minimum absolute atomic E-state index is 0.106. The fourth-order valence-electron chi connectivity index (χ4n) is 1.63. The Balaban J connectivity index is 2.11. The van der Waals surface area contributed by atoms with Gasteiger partial charge in [0.1, 0.15) is 11.6 Å². The third-order valence-corrected chi connectivity index (χ3v) is 3.54. The first-order valence-electron chi connectivity index (χ1n) is 5.58. The minimum Gasteiger partial charge on any atom is -0.423 e. The Kier molecular flexibility index (Phi) is 4.58. The lowest BCUT2D eigenvalue weighted by Gasteiger charge is -2.06. The molecule has 0 saturated carbocycles. The van der Waals surface area contributed by atoms with Gasteiger partial charge >= 0.3 is 7.12 Å². The molecule has 2 aromatic carbocycles. The van der Waals surface area contributed by atoms with Gasteiger partial charge in [-0.15, -0.1) is 11.8 Å². The maximum atomic E-state index is 13.3. The summed E-state index contributed by atoms with van der Waals surface area (Å²) in [5.41, 5.74) is 0.715. The molecule has 0 heterocycles. The Morgan fingerprint density at radius 1 is 1.00 bits per heavy atom. The standard InChI is InChI=1S/C13H11BF2O2S/c15-11-2-1-3-13(7-11)19-8-9-4-10(14(17)18)6-12(16)5-9/h1-7,17-18H,8H2. The van der Waals surface area contributed by atoms with E-state index in [0.29, 0.717) is 11.3 Å². The number of thioether (sulfide) groups is 1. The molecule has 2 nitrogen and oxygen atoms in total. The van der Waals surface area contributed by atoms with Crippen LogP contribution in [0.2, 0.25) is 0 Å². The smallest absolute Gasteiger partial charge is 0.423 e. The van der Waals surface area contributed by atoms with E-state index in [1.54, 1.807) is 12.1 Å². The second kappa shape index (κ2) is 6.19. The fourth-order valence-corrected chi connectivity index (χ4v) is 2.50. The molecule has 2 rings (SSSR count). The van der Waals surface area contributed by atoms with Crippen molar-refractivity contribution in [2.45, 2.75) is 10.6 Å². The molecular weight excluding hydrogens is 269 g/mol. The van der Waals surface area contributed by atoms with Crippen LogP contribution in [0.1, 0.15) is 5.56 Å².